The zero-order valence-corrected chi connectivity index (χ0v) is 18.3. The first-order valence-electron chi connectivity index (χ1n) is 10.8. The van der Waals surface area contributed by atoms with Crippen molar-refractivity contribution >= 4 is 33.1 Å². The van der Waals surface area contributed by atoms with Gasteiger partial charge in [0, 0.05) is 17.5 Å². The number of hydrogen-bond acceptors (Lipinski definition) is 4. The van der Waals surface area contributed by atoms with E-state index in [1.807, 2.05) is 47.8 Å². The van der Waals surface area contributed by atoms with Gasteiger partial charge in [-0.15, -0.1) is 11.3 Å². The number of aromatic nitrogens is 1. The Bertz CT molecular complexity index is 1120. The molecule has 5 heteroatoms. The highest BCUT2D eigenvalue weighted by Gasteiger charge is 2.12. The summed E-state index contributed by atoms with van der Waals surface area (Å²) in [4.78, 5) is 17.3. The second-order valence-electron chi connectivity index (χ2n) is 7.60. The number of amides is 1. The van der Waals surface area contributed by atoms with E-state index in [2.05, 4.69) is 45.9 Å². The fourth-order valence-electron chi connectivity index (χ4n) is 3.65. The number of nitrogens with one attached hydrogen (secondary N) is 2. The minimum Gasteiger partial charge on any atom is -0.311 e. The molecule has 0 spiro atoms. The zero-order valence-electron chi connectivity index (χ0n) is 17.5. The molecule has 2 N–H and O–H groups in total. The Hall–Kier alpha value is -3.02. The number of carbonyl (C=O) groups excluding carboxylic acids is 1. The second kappa shape index (κ2) is 10.8. The van der Waals surface area contributed by atoms with Gasteiger partial charge in [0.15, 0.2) is 5.13 Å². The highest BCUT2D eigenvalue weighted by Crippen LogP contribution is 2.21. The van der Waals surface area contributed by atoms with E-state index in [4.69, 9.17) is 0 Å². The summed E-state index contributed by atoms with van der Waals surface area (Å²) in [6.45, 7) is 1.70. The Morgan fingerprint density at radius 1 is 0.871 bits per heavy atom. The molecule has 1 heterocycles. The largest absolute Gasteiger partial charge is 0.311 e. The molecule has 0 aliphatic rings. The number of aryl methyl sites for hydroxylation is 1. The average molecular weight is 430 g/mol. The van der Waals surface area contributed by atoms with Crippen molar-refractivity contribution in [3.63, 3.8) is 0 Å². The molecule has 4 rings (SSSR count). The summed E-state index contributed by atoms with van der Waals surface area (Å²) in [5.74, 6) is -0.121. The minimum absolute atomic E-state index is 0.121. The summed E-state index contributed by atoms with van der Waals surface area (Å²) in [7, 11) is 0. The van der Waals surface area contributed by atoms with Crippen LogP contribution in [0.5, 0.6) is 0 Å². The third-order valence-corrected chi connectivity index (χ3v) is 6.08. The summed E-state index contributed by atoms with van der Waals surface area (Å²) >= 11 is 1.46. The number of carbonyl (C=O) groups is 1. The Morgan fingerprint density at radius 2 is 1.68 bits per heavy atom. The van der Waals surface area contributed by atoms with Crippen molar-refractivity contribution in [3.05, 3.63) is 95.0 Å². The Kier molecular flexibility index (Phi) is 7.42. The third kappa shape index (κ3) is 6.00. The number of thiazole rings is 1. The van der Waals surface area contributed by atoms with E-state index >= 15 is 0 Å². The lowest BCUT2D eigenvalue weighted by Crippen LogP contribution is -2.15. The lowest BCUT2D eigenvalue weighted by atomic mass is 10.0. The summed E-state index contributed by atoms with van der Waals surface area (Å²) in [5, 5.41) is 11.0. The Morgan fingerprint density at radius 3 is 2.58 bits per heavy atom. The average Bonchev–Trinajstić information content (AvgIpc) is 3.25. The van der Waals surface area contributed by atoms with Crippen molar-refractivity contribution in [2.24, 2.45) is 0 Å². The van der Waals surface area contributed by atoms with Crippen LogP contribution in [0.1, 0.15) is 40.9 Å². The minimum atomic E-state index is -0.121. The van der Waals surface area contributed by atoms with Gasteiger partial charge in [-0.2, -0.15) is 0 Å². The lowest BCUT2D eigenvalue weighted by molar-refractivity contribution is 0.102. The van der Waals surface area contributed by atoms with Gasteiger partial charge >= 0.3 is 0 Å². The monoisotopic (exact) mass is 429 g/mol. The number of anilines is 1. The Balaban J connectivity index is 1.19. The number of benzene rings is 3. The van der Waals surface area contributed by atoms with Gasteiger partial charge in [-0.1, -0.05) is 73.2 Å². The quantitative estimate of drug-likeness (QED) is 0.302. The molecule has 0 bridgehead atoms. The predicted octanol–water partition coefficient (Wildman–Crippen LogP) is 6.05. The first-order chi connectivity index (χ1) is 15.3. The van der Waals surface area contributed by atoms with Crippen LogP contribution in [0.25, 0.3) is 10.8 Å². The first-order valence-corrected chi connectivity index (χ1v) is 11.7. The molecule has 158 valence electrons. The van der Waals surface area contributed by atoms with Crippen LogP contribution < -0.4 is 10.6 Å². The third-order valence-electron chi connectivity index (χ3n) is 5.27. The number of fused-ring (bicyclic) bond motifs is 1. The van der Waals surface area contributed by atoms with Crippen LogP contribution in [-0.4, -0.2) is 17.4 Å². The summed E-state index contributed by atoms with van der Waals surface area (Å²) in [6.07, 6.45) is 4.73. The molecule has 1 amide bonds. The van der Waals surface area contributed by atoms with Crippen LogP contribution in [0.15, 0.2) is 78.2 Å². The lowest BCUT2D eigenvalue weighted by Gasteiger charge is -2.06. The van der Waals surface area contributed by atoms with Gasteiger partial charge in [-0.25, -0.2) is 4.98 Å². The molecule has 0 aliphatic carbocycles. The molecule has 4 aromatic rings. The maximum atomic E-state index is 12.7. The van der Waals surface area contributed by atoms with Gasteiger partial charge in [0.1, 0.15) is 0 Å². The topological polar surface area (TPSA) is 54.0 Å². The number of unbranched alkanes of at least 4 members (excludes halogenated alkanes) is 2. The molecule has 0 radical (unpaired) electrons. The van der Waals surface area contributed by atoms with Crippen molar-refractivity contribution in [1.29, 1.82) is 0 Å². The normalized spacial score (nSPS) is 11.0. The van der Waals surface area contributed by atoms with Crippen LogP contribution in [0.2, 0.25) is 0 Å². The molecule has 0 aliphatic heterocycles. The molecule has 0 atom stereocenters. The maximum Gasteiger partial charge on any atom is 0.258 e. The van der Waals surface area contributed by atoms with E-state index in [-0.39, 0.29) is 5.91 Å². The highest BCUT2D eigenvalue weighted by atomic mass is 32.1. The van der Waals surface area contributed by atoms with Crippen molar-refractivity contribution in [2.75, 3.05) is 11.9 Å². The molecule has 4 nitrogen and oxygen atoms in total. The van der Waals surface area contributed by atoms with Crippen LogP contribution in [0.3, 0.4) is 0 Å². The van der Waals surface area contributed by atoms with E-state index < -0.39 is 0 Å². The number of hydrogen-bond donors (Lipinski definition) is 2. The smallest absolute Gasteiger partial charge is 0.258 e. The van der Waals surface area contributed by atoms with Crippen molar-refractivity contribution in [2.45, 2.75) is 32.2 Å². The molecule has 1 aromatic heterocycles. The van der Waals surface area contributed by atoms with Crippen LogP contribution >= 0.6 is 11.3 Å². The molecule has 0 fully saturated rings. The van der Waals surface area contributed by atoms with Crippen molar-refractivity contribution in [1.82, 2.24) is 10.3 Å². The molecular formula is C26H27N3OS. The van der Waals surface area contributed by atoms with E-state index in [1.54, 1.807) is 0 Å². The molecule has 31 heavy (non-hydrogen) atoms. The molecule has 3 aromatic carbocycles. The Labute approximate surface area is 187 Å². The SMILES string of the molecule is O=C(Nc1nc(CNCCCCCc2ccccc2)cs1)c1cccc2ccccc12. The van der Waals surface area contributed by atoms with Gasteiger partial charge in [-0.05, 0) is 48.2 Å². The van der Waals surface area contributed by atoms with Gasteiger partial charge < -0.3 is 5.32 Å². The van der Waals surface area contributed by atoms with E-state index in [0.717, 1.165) is 42.4 Å². The van der Waals surface area contributed by atoms with Crippen LogP contribution in [0.4, 0.5) is 5.13 Å². The van der Waals surface area contributed by atoms with Gasteiger partial charge in [0.2, 0.25) is 0 Å². The summed E-state index contributed by atoms with van der Waals surface area (Å²) in [5.41, 5.74) is 3.04. The van der Waals surface area contributed by atoms with E-state index in [0.29, 0.717) is 10.7 Å². The standard InChI is InChI=1S/C26H27N3OS/c30-25(24-16-9-14-21-13-6-7-15-23(21)24)29-26-28-22(19-31-26)18-27-17-8-2-5-12-20-10-3-1-4-11-20/h1,3-4,6-7,9-11,13-16,19,27H,2,5,8,12,17-18H2,(H,28,29,30). The van der Waals surface area contributed by atoms with E-state index in [9.17, 15) is 4.79 Å². The zero-order chi connectivity index (χ0) is 21.3. The van der Waals surface area contributed by atoms with Gasteiger partial charge in [0.25, 0.3) is 5.91 Å². The fraction of sp³-hybridized carbons (Fsp3) is 0.231. The summed E-state index contributed by atoms with van der Waals surface area (Å²) in [6, 6.07) is 24.3. The van der Waals surface area contributed by atoms with Gasteiger partial charge in [-0.3, -0.25) is 10.1 Å². The number of nitrogens with zero attached hydrogens (tertiary/aromatic N) is 1. The van der Waals surface area contributed by atoms with Crippen LogP contribution in [-0.2, 0) is 13.0 Å². The maximum absolute atomic E-state index is 12.7. The molecular weight excluding hydrogens is 402 g/mol. The molecule has 0 saturated heterocycles. The van der Waals surface area contributed by atoms with Crippen molar-refractivity contribution in [3.8, 4) is 0 Å². The van der Waals surface area contributed by atoms with Crippen molar-refractivity contribution < 1.29 is 4.79 Å². The predicted molar refractivity (Wildman–Crippen MR) is 130 cm³/mol. The van der Waals surface area contributed by atoms with E-state index in [1.165, 1.54) is 29.7 Å². The summed E-state index contributed by atoms with van der Waals surface area (Å²) < 4.78 is 0. The van der Waals surface area contributed by atoms with Crippen LogP contribution in [0, 0.1) is 0 Å². The molecule has 0 saturated carbocycles. The first kappa shape index (κ1) is 21.2. The number of rotatable bonds is 10. The van der Waals surface area contributed by atoms with Gasteiger partial charge in [0.05, 0.1) is 5.69 Å². The second-order valence-corrected chi connectivity index (χ2v) is 8.46. The highest BCUT2D eigenvalue weighted by molar-refractivity contribution is 7.14. The fourth-order valence-corrected chi connectivity index (χ4v) is 4.36. The molecule has 0 unspecified atom stereocenters.